The number of hydrogen-bond donors (Lipinski definition) is 1. The van der Waals surface area contributed by atoms with Crippen molar-refractivity contribution >= 4 is 5.97 Å². The number of carboxylic acids is 1. The second kappa shape index (κ2) is 5.21. The van der Waals surface area contributed by atoms with Gasteiger partial charge < -0.3 is 14.6 Å². The fraction of sp³-hybridized carbons (Fsp3) is 0.533. The van der Waals surface area contributed by atoms with Gasteiger partial charge in [-0.05, 0) is 12.0 Å². The number of carbonyl (C=O) groups is 1. The normalized spacial score (nSPS) is 18.7. The van der Waals surface area contributed by atoms with Crippen LogP contribution < -0.4 is 4.74 Å². The minimum absolute atomic E-state index is 0.0336. The molecule has 0 bridgehead atoms. The molecule has 0 saturated carbocycles. The molecule has 1 aromatic carbocycles. The molecule has 0 amide bonds. The van der Waals surface area contributed by atoms with Crippen molar-refractivity contribution in [1.29, 1.82) is 0 Å². The molecule has 1 aromatic rings. The first-order chi connectivity index (χ1) is 9.03. The van der Waals surface area contributed by atoms with Crippen LogP contribution in [-0.2, 0) is 14.9 Å². The maximum absolute atomic E-state index is 11.7. The Hall–Kier alpha value is -1.55. The van der Waals surface area contributed by atoms with Crippen LogP contribution in [0, 0.1) is 11.8 Å². The van der Waals surface area contributed by atoms with Crippen molar-refractivity contribution in [2.45, 2.75) is 19.3 Å². The minimum atomic E-state index is -0.774. The standard InChI is InChI=1S/C15H20O4/c1-10(2)13(14(16)17)15(8-19-9-15)11-6-4-5-7-12(11)18-3/h4-7,10,13H,8-9H2,1-3H3,(H,16,17). The quantitative estimate of drug-likeness (QED) is 0.886. The molecule has 1 aliphatic rings. The molecular weight excluding hydrogens is 244 g/mol. The highest BCUT2D eigenvalue weighted by Crippen LogP contribution is 2.46. The molecule has 0 radical (unpaired) electrons. The molecule has 1 saturated heterocycles. The van der Waals surface area contributed by atoms with E-state index in [0.717, 1.165) is 11.3 Å². The van der Waals surface area contributed by atoms with Crippen molar-refractivity contribution in [3.63, 3.8) is 0 Å². The van der Waals surface area contributed by atoms with Crippen LogP contribution in [0.25, 0.3) is 0 Å². The summed E-state index contributed by atoms with van der Waals surface area (Å²) >= 11 is 0. The predicted octanol–water partition coefficient (Wildman–Crippen LogP) is 2.32. The van der Waals surface area contributed by atoms with E-state index in [4.69, 9.17) is 9.47 Å². The SMILES string of the molecule is COc1ccccc1C1(C(C(=O)O)C(C)C)COC1. The van der Waals surface area contributed by atoms with Crippen molar-refractivity contribution < 1.29 is 19.4 Å². The second-order valence-corrected chi connectivity index (χ2v) is 5.41. The number of aliphatic carboxylic acids is 1. The van der Waals surface area contributed by atoms with Crippen LogP contribution in [0.15, 0.2) is 24.3 Å². The predicted molar refractivity (Wildman–Crippen MR) is 71.5 cm³/mol. The molecule has 1 N–H and O–H groups in total. The van der Waals surface area contributed by atoms with Gasteiger partial charge in [0.2, 0.25) is 0 Å². The van der Waals surface area contributed by atoms with E-state index >= 15 is 0 Å². The first-order valence-corrected chi connectivity index (χ1v) is 6.47. The molecule has 4 nitrogen and oxygen atoms in total. The fourth-order valence-corrected chi connectivity index (χ4v) is 3.04. The molecule has 1 heterocycles. The van der Waals surface area contributed by atoms with E-state index in [1.807, 2.05) is 38.1 Å². The Morgan fingerprint density at radius 1 is 1.37 bits per heavy atom. The summed E-state index contributed by atoms with van der Waals surface area (Å²) in [5.74, 6) is -0.481. The van der Waals surface area contributed by atoms with Crippen molar-refractivity contribution in [3.05, 3.63) is 29.8 Å². The summed E-state index contributed by atoms with van der Waals surface area (Å²) < 4.78 is 10.7. The zero-order valence-corrected chi connectivity index (χ0v) is 11.6. The molecule has 4 heteroatoms. The van der Waals surface area contributed by atoms with Gasteiger partial charge in [0.15, 0.2) is 0 Å². The minimum Gasteiger partial charge on any atom is -0.496 e. The molecule has 19 heavy (non-hydrogen) atoms. The van der Waals surface area contributed by atoms with E-state index in [1.165, 1.54) is 0 Å². The Labute approximate surface area is 113 Å². The van der Waals surface area contributed by atoms with Gasteiger partial charge in [-0.1, -0.05) is 32.0 Å². The number of carboxylic acid groups (broad SMARTS) is 1. The maximum atomic E-state index is 11.7. The largest absolute Gasteiger partial charge is 0.496 e. The van der Waals surface area contributed by atoms with Crippen LogP contribution in [-0.4, -0.2) is 31.4 Å². The Balaban J connectivity index is 2.50. The number of para-hydroxylation sites is 1. The lowest BCUT2D eigenvalue weighted by Gasteiger charge is -2.47. The fourth-order valence-electron chi connectivity index (χ4n) is 3.04. The second-order valence-electron chi connectivity index (χ2n) is 5.41. The van der Waals surface area contributed by atoms with Gasteiger partial charge in [0, 0.05) is 5.56 Å². The Morgan fingerprint density at radius 3 is 2.42 bits per heavy atom. The van der Waals surface area contributed by atoms with Crippen LogP contribution in [0.1, 0.15) is 19.4 Å². The zero-order valence-electron chi connectivity index (χ0n) is 11.6. The average Bonchev–Trinajstić information content (AvgIpc) is 2.32. The van der Waals surface area contributed by atoms with Crippen LogP contribution in [0.2, 0.25) is 0 Å². The van der Waals surface area contributed by atoms with Crippen molar-refractivity contribution in [3.8, 4) is 5.75 Å². The Bertz CT molecular complexity index is 463. The third-order valence-corrected chi connectivity index (χ3v) is 3.89. The van der Waals surface area contributed by atoms with Crippen LogP contribution >= 0.6 is 0 Å². The Kier molecular flexibility index (Phi) is 3.80. The molecule has 2 rings (SSSR count). The lowest BCUT2D eigenvalue weighted by molar-refractivity contribution is -0.161. The number of ether oxygens (including phenoxy) is 2. The summed E-state index contributed by atoms with van der Waals surface area (Å²) in [5.41, 5.74) is 0.455. The van der Waals surface area contributed by atoms with Gasteiger partial charge in [0.1, 0.15) is 5.75 Å². The first kappa shape index (κ1) is 13.9. The number of rotatable bonds is 5. The molecule has 1 aliphatic heterocycles. The van der Waals surface area contributed by atoms with E-state index < -0.39 is 17.3 Å². The van der Waals surface area contributed by atoms with E-state index in [2.05, 4.69) is 0 Å². The molecule has 1 unspecified atom stereocenters. The highest BCUT2D eigenvalue weighted by atomic mass is 16.5. The van der Waals surface area contributed by atoms with Crippen LogP contribution in [0.5, 0.6) is 5.75 Å². The maximum Gasteiger partial charge on any atom is 0.307 e. The van der Waals surface area contributed by atoms with Gasteiger partial charge in [-0.15, -0.1) is 0 Å². The van der Waals surface area contributed by atoms with Crippen molar-refractivity contribution in [2.24, 2.45) is 11.8 Å². The lowest BCUT2D eigenvalue weighted by atomic mass is 9.64. The van der Waals surface area contributed by atoms with Gasteiger partial charge in [0.25, 0.3) is 0 Å². The summed E-state index contributed by atoms with van der Waals surface area (Å²) in [6.07, 6.45) is 0. The van der Waals surface area contributed by atoms with Crippen molar-refractivity contribution in [1.82, 2.24) is 0 Å². The summed E-state index contributed by atoms with van der Waals surface area (Å²) in [6, 6.07) is 7.62. The molecule has 1 atom stereocenters. The van der Waals surface area contributed by atoms with E-state index in [-0.39, 0.29) is 5.92 Å². The van der Waals surface area contributed by atoms with Gasteiger partial charge in [-0.2, -0.15) is 0 Å². The Morgan fingerprint density at radius 2 is 2.00 bits per heavy atom. The van der Waals surface area contributed by atoms with Crippen LogP contribution in [0.3, 0.4) is 0 Å². The van der Waals surface area contributed by atoms with Gasteiger partial charge in [0.05, 0.1) is 31.7 Å². The molecule has 0 spiro atoms. The van der Waals surface area contributed by atoms with Gasteiger partial charge in [-0.3, -0.25) is 4.79 Å². The smallest absolute Gasteiger partial charge is 0.307 e. The summed E-state index contributed by atoms with van der Waals surface area (Å²) in [4.78, 5) is 11.7. The molecule has 1 fully saturated rings. The molecule has 104 valence electrons. The highest BCUT2D eigenvalue weighted by Gasteiger charge is 2.52. The third kappa shape index (κ3) is 2.21. The average molecular weight is 264 g/mol. The van der Waals surface area contributed by atoms with E-state index in [0.29, 0.717) is 13.2 Å². The van der Waals surface area contributed by atoms with E-state index in [9.17, 15) is 9.90 Å². The first-order valence-electron chi connectivity index (χ1n) is 6.47. The zero-order chi connectivity index (χ0) is 14.0. The monoisotopic (exact) mass is 264 g/mol. The molecular formula is C15H20O4. The number of benzene rings is 1. The van der Waals surface area contributed by atoms with Crippen molar-refractivity contribution in [2.75, 3.05) is 20.3 Å². The highest BCUT2D eigenvalue weighted by molar-refractivity contribution is 5.73. The van der Waals surface area contributed by atoms with Crippen LogP contribution in [0.4, 0.5) is 0 Å². The van der Waals surface area contributed by atoms with Gasteiger partial charge in [-0.25, -0.2) is 0 Å². The summed E-state index contributed by atoms with van der Waals surface area (Å²) in [7, 11) is 1.61. The topological polar surface area (TPSA) is 55.8 Å². The summed E-state index contributed by atoms with van der Waals surface area (Å²) in [6.45, 7) is 4.74. The number of methoxy groups -OCH3 is 1. The molecule has 0 aromatic heterocycles. The summed E-state index contributed by atoms with van der Waals surface area (Å²) in [5, 5.41) is 9.57. The lowest BCUT2D eigenvalue weighted by Crippen LogP contribution is -2.56. The van der Waals surface area contributed by atoms with E-state index in [1.54, 1.807) is 7.11 Å². The van der Waals surface area contributed by atoms with Gasteiger partial charge >= 0.3 is 5.97 Å². The third-order valence-electron chi connectivity index (χ3n) is 3.89. The number of hydrogen-bond acceptors (Lipinski definition) is 3. The molecule has 0 aliphatic carbocycles.